The SMILES string of the molecule is O=C(N[C@@H](n1cnc2c(N3CCOCC3)ncnc21)C(Cl)(Cl)Cl)c1ccccc1. The molecule has 1 fully saturated rings. The van der Waals surface area contributed by atoms with Crippen LogP contribution in [0, 0.1) is 0 Å². The molecule has 1 saturated heterocycles. The number of morpholine rings is 1. The van der Waals surface area contributed by atoms with Crippen LogP contribution >= 0.6 is 34.8 Å². The van der Waals surface area contributed by atoms with Crippen LogP contribution in [0.5, 0.6) is 0 Å². The molecule has 0 spiro atoms. The number of benzene rings is 1. The highest BCUT2D eigenvalue weighted by molar-refractivity contribution is 6.68. The summed E-state index contributed by atoms with van der Waals surface area (Å²) in [6.07, 6.45) is 1.89. The van der Waals surface area contributed by atoms with Crippen LogP contribution in [0.4, 0.5) is 5.82 Å². The van der Waals surface area contributed by atoms with Crippen molar-refractivity contribution in [3.63, 3.8) is 0 Å². The summed E-state index contributed by atoms with van der Waals surface area (Å²) in [6, 6.07) is 8.68. The van der Waals surface area contributed by atoms with Gasteiger partial charge in [0.25, 0.3) is 5.91 Å². The van der Waals surface area contributed by atoms with Crippen molar-refractivity contribution in [3.05, 3.63) is 48.5 Å². The Labute approximate surface area is 181 Å². The van der Waals surface area contributed by atoms with Crippen molar-refractivity contribution < 1.29 is 9.53 Å². The number of nitrogens with one attached hydrogen (secondary N) is 1. The number of nitrogens with zero attached hydrogens (tertiary/aromatic N) is 5. The lowest BCUT2D eigenvalue weighted by molar-refractivity contribution is 0.0921. The van der Waals surface area contributed by atoms with Gasteiger partial charge in [0.05, 0.1) is 19.5 Å². The number of fused-ring (bicyclic) bond motifs is 1. The van der Waals surface area contributed by atoms with Crippen molar-refractivity contribution in [1.82, 2.24) is 24.8 Å². The monoisotopic (exact) mass is 454 g/mol. The summed E-state index contributed by atoms with van der Waals surface area (Å²) < 4.78 is 5.09. The number of carbonyl (C=O) groups is 1. The Bertz CT molecular complexity index is 1000. The fourth-order valence-electron chi connectivity index (χ4n) is 3.14. The van der Waals surface area contributed by atoms with E-state index in [4.69, 9.17) is 39.5 Å². The predicted octanol–water partition coefficient (Wildman–Crippen LogP) is 2.96. The molecule has 2 aromatic heterocycles. The number of halogens is 3. The summed E-state index contributed by atoms with van der Waals surface area (Å²) >= 11 is 18.6. The molecule has 1 N–H and O–H groups in total. The Kier molecular flexibility index (Phi) is 5.78. The molecule has 152 valence electrons. The molecule has 0 saturated carbocycles. The maximum absolute atomic E-state index is 12.7. The number of hydrogen-bond acceptors (Lipinski definition) is 6. The van der Waals surface area contributed by atoms with E-state index < -0.39 is 9.96 Å². The van der Waals surface area contributed by atoms with E-state index in [1.807, 2.05) is 6.07 Å². The van der Waals surface area contributed by atoms with E-state index in [2.05, 4.69) is 25.2 Å². The number of carbonyl (C=O) groups excluding carboxylic acids is 1. The number of amides is 1. The van der Waals surface area contributed by atoms with Crippen LogP contribution in [0.15, 0.2) is 43.0 Å². The van der Waals surface area contributed by atoms with E-state index >= 15 is 0 Å². The zero-order valence-corrected chi connectivity index (χ0v) is 17.4. The number of anilines is 1. The van der Waals surface area contributed by atoms with Gasteiger partial charge in [-0.2, -0.15) is 0 Å². The molecule has 0 unspecified atom stereocenters. The van der Waals surface area contributed by atoms with Gasteiger partial charge in [0.1, 0.15) is 6.33 Å². The third kappa shape index (κ3) is 4.25. The lowest BCUT2D eigenvalue weighted by atomic mass is 10.2. The van der Waals surface area contributed by atoms with Crippen molar-refractivity contribution in [1.29, 1.82) is 0 Å². The largest absolute Gasteiger partial charge is 0.378 e. The molecule has 1 atom stereocenters. The lowest BCUT2D eigenvalue weighted by Crippen LogP contribution is -2.40. The van der Waals surface area contributed by atoms with Gasteiger partial charge in [-0.1, -0.05) is 53.0 Å². The summed E-state index contributed by atoms with van der Waals surface area (Å²) in [6.45, 7) is 2.60. The van der Waals surface area contributed by atoms with Crippen molar-refractivity contribution in [2.24, 2.45) is 0 Å². The molecule has 29 heavy (non-hydrogen) atoms. The average Bonchev–Trinajstić information content (AvgIpc) is 3.16. The number of alkyl halides is 3. The second-order valence-electron chi connectivity index (χ2n) is 6.40. The van der Waals surface area contributed by atoms with E-state index in [0.717, 1.165) is 0 Å². The normalized spacial score (nSPS) is 16.0. The zero-order chi connectivity index (χ0) is 20.4. The maximum atomic E-state index is 12.7. The fraction of sp³-hybridized carbons (Fsp3) is 0.333. The minimum Gasteiger partial charge on any atom is -0.378 e. The second-order valence-corrected chi connectivity index (χ2v) is 8.77. The van der Waals surface area contributed by atoms with Gasteiger partial charge in [-0.05, 0) is 12.1 Å². The van der Waals surface area contributed by atoms with E-state index in [9.17, 15) is 4.79 Å². The van der Waals surface area contributed by atoms with E-state index in [1.54, 1.807) is 24.3 Å². The minimum atomic E-state index is -1.85. The van der Waals surface area contributed by atoms with Crippen molar-refractivity contribution in [3.8, 4) is 0 Å². The molecule has 1 aliphatic rings. The highest BCUT2D eigenvalue weighted by atomic mass is 35.6. The summed E-state index contributed by atoms with van der Waals surface area (Å²) in [5.74, 6) is 0.292. The molecule has 8 nitrogen and oxygen atoms in total. The highest BCUT2D eigenvalue weighted by Gasteiger charge is 2.37. The van der Waals surface area contributed by atoms with Gasteiger partial charge in [-0.15, -0.1) is 0 Å². The Morgan fingerprint density at radius 3 is 2.52 bits per heavy atom. The predicted molar refractivity (Wildman–Crippen MR) is 112 cm³/mol. The quantitative estimate of drug-likeness (QED) is 0.609. The molecular formula is C18H17Cl3N6O2. The molecule has 1 aromatic carbocycles. The first-order valence-electron chi connectivity index (χ1n) is 8.88. The molecular weight excluding hydrogens is 439 g/mol. The smallest absolute Gasteiger partial charge is 0.253 e. The lowest BCUT2D eigenvalue weighted by Gasteiger charge is -2.28. The van der Waals surface area contributed by atoms with Crippen LogP contribution in [0.2, 0.25) is 0 Å². The zero-order valence-electron chi connectivity index (χ0n) is 15.1. The molecule has 1 aliphatic heterocycles. The van der Waals surface area contributed by atoms with Gasteiger partial charge in [0.15, 0.2) is 23.1 Å². The van der Waals surface area contributed by atoms with Crippen LogP contribution in [0.1, 0.15) is 16.5 Å². The van der Waals surface area contributed by atoms with Gasteiger partial charge < -0.3 is 15.0 Å². The van der Waals surface area contributed by atoms with Crippen LogP contribution in [-0.2, 0) is 4.74 Å². The summed E-state index contributed by atoms with van der Waals surface area (Å²) in [4.78, 5) is 27.9. The number of hydrogen-bond donors (Lipinski definition) is 1. The maximum Gasteiger partial charge on any atom is 0.253 e. The summed E-state index contributed by atoms with van der Waals surface area (Å²) in [5.41, 5.74) is 1.45. The Morgan fingerprint density at radius 1 is 1.10 bits per heavy atom. The van der Waals surface area contributed by atoms with Crippen molar-refractivity contribution in [2.45, 2.75) is 9.96 Å². The standard InChI is InChI=1S/C18H17Cl3N6O2/c19-18(20,21)17(25-16(28)12-4-2-1-3-5-12)27-11-24-13-14(22-10-23-15(13)27)26-6-8-29-9-7-26/h1-5,10-11,17H,6-9H2,(H,25,28)/t17-/m0/s1. The molecule has 4 rings (SSSR count). The molecule has 0 aliphatic carbocycles. The summed E-state index contributed by atoms with van der Waals surface area (Å²) in [5, 5.41) is 2.76. The van der Waals surface area contributed by atoms with Crippen LogP contribution in [-0.4, -0.2) is 55.5 Å². The van der Waals surface area contributed by atoms with Crippen LogP contribution < -0.4 is 10.2 Å². The third-order valence-corrected chi connectivity index (χ3v) is 5.16. The first-order chi connectivity index (χ1) is 13.9. The molecule has 3 aromatic rings. The van der Waals surface area contributed by atoms with Gasteiger partial charge in [0.2, 0.25) is 3.79 Å². The highest BCUT2D eigenvalue weighted by Crippen LogP contribution is 2.38. The number of ether oxygens (including phenoxy) is 1. The van der Waals surface area contributed by atoms with E-state index in [1.165, 1.54) is 17.2 Å². The van der Waals surface area contributed by atoms with Gasteiger partial charge in [-0.25, -0.2) is 15.0 Å². The Balaban J connectivity index is 1.71. The van der Waals surface area contributed by atoms with Crippen LogP contribution in [0.3, 0.4) is 0 Å². The second kappa shape index (κ2) is 8.31. The Morgan fingerprint density at radius 2 is 1.83 bits per heavy atom. The molecule has 11 heteroatoms. The van der Waals surface area contributed by atoms with Gasteiger partial charge in [-0.3, -0.25) is 9.36 Å². The molecule has 0 radical (unpaired) electrons. The first-order valence-corrected chi connectivity index (χ1v) is 10.0. The first kappa shape index (κ1) is 20.2. The van der Waals surface area contributed by atoms with Crippen LogP contribution in [0.25, 0.3) is 11.2 Å². The fourth-order valence-corrected chi connectivity index (χ4v) is 3.62. The van der Waals surface area contributed by atoms with Gasteiger partial charge >= 0.3 is 0 Å². The number of rotatable bonds is 4. The van der Waals surface area contributed by atoms with Crippen molar-refractivity contribution >= 4 is 57.7 Å². The Hall–Kier alpha value is -2.13. The number of aromatic nitrogens is 4. The van der Waals surface area contributed by atoms with E-state index in [-0.39, 0.29) is 5.91 Å². The third-order valence-electron chi connectivity index (χ3n) is 4.54. The van der Waals surface area contributed by atoms with E-state index in [0.29, 0.717) is 48.8 Å². The molecule has 1 amide bonds. The average molecular weight is 456 g/mol. The number of imidazole rings is 1. The van der Waals surface area contributed by atoms with Crippen molar-refractivity contribution in [2.75, 3.05) is 31.2 Å². The topological polar surface area (TPSA) is 85.2 Å². The minimum absolute atomic E-state index is 0.383. The molecule has 3 heterocycles. The van der Waals surface area contributed by atoms with Gasteiger partial charge in [0, 0.05) is 18.7 Å². The molecule has 0 bridgehead atoms. The summed E-state index contributed by atoms with van der Waals surface area (Å²) in [7, 11) is 0.